The summed E-state index contributed by atoms with van der Waals surface area (Å²) in [6.07, 6.45) is 0.704. The average Bonchev–Trinajstić information content (AvgIpc) is 2.65. The van der Waals surface area contributed by atoms with Gasteiger partial charge in [-0.05, 0) is 55.2 Å². The fraction of sp³-hybridized carbons (Fsp3) is 0.333. The number of amides is 2. The van der Waals surface area contributed by atoms with Crippen molar-refractivity contribution >= 4 is 29.1 Å². The van der Waals surface area contributed by atoms with Gasteiger partial charge in [0, 0.05) is 11.6 Å². The van der Waals surface area contributed by atoms with Gasteiger partial charge < -0.3 is 10.1 Å². The highest BCUT2D eigenvalue weighted by atomic mass is 35.5. The first-order valence-corrected chi connectivity index (χ1v) is 9.45. The van der Waals surface area contributed by atoms with Crippen molar-refractivity contribution in [1.29, 1.82) is 0 Å². The highest BCUT2D eigenvalue weighted by Crippen LogP contribution is 2.35. The molecule has 0 aliphatic carbocycles. The van der Waals surface area contributed by atoms with Crippen LogP contribution in [0.1, 0.15) is 24.5 Å². The summed E-state index contributed by atoms with van der Waals surface area (Å²) in [5.41, 5.74) is 2.75. The minimum Gasteiger partial charge on any atom is -0.478 e. The van der Waals surface area contributed by atoms with Gasteiger partial charge in [0.2, 0.25) is 5.91 Å². The molecule has 5 nitrogen and oxygen atoms in total. The minimum absolute atomic E-state index is 0.0181. The molecule has 6 heteroatoms. The molecule has 1 N–H and O–H groups in total. The van der Waals surface area contributed by atoms with Crippen LogP contribution in [-0.2, 0) is 16.0 Å². The summed E-state index contributed by atoms with van der Waals surface area (Å²) >= 11 is 5.88. The van der Waals surface area contributed by atoms with E-state index in [-0.39, 0.29) is 18.4 Å². The van der Waals surface area contributed by atoms with Crippen molar-refractivity contribution in [2.45, 2.75) is 32.8 Å². The Labute approximate surface area is 164 Å². The lowest BCUT2D eigenvalue weighted by Crippen LogP contribution is -2.49. The number of hydrogen-bond acceptors (Lipinski definition) is 3. The van der Waals surface area contributed by atoms with Crippen molar-refractivity contribution in [3.8, 4) is 5.75 Å². The zero-order valence-electron chi connectivity index (χ0n) is 15.5. The van der Waals surface area contributed by atoms with Gasteiger partial charge in [0.1, 0.15) is 12.3 Å². The summed E-state index contributed by atoms with van der Waals surface area (Å²) < 4.78 is 5.78. The molecule has 3 rings (SSSR count). The number of carbonyl (C=O) groups excluding carboxylic acids is 2. The Morgan fingerprint density at radius 2 is 1.96 bits per heavy atom. The maximum Gasteiger partial charge on any atom is 0.268 e. The number of fused-ring (bicyclic) bond motifs is 1. The summed E-state index contributed by atoms with van der Waals surface area (Å²) in [5, 5.41) is 3.57. The number of anilines is 1. The summed E-state index contributed by atoms with van der Waals surface area (Å²) in [6, 6.07) is 13.2. The molecular weight excluding hydrogens is 364 g/mol. The normalized spacial score (nSPS) is 15.9. The third-order valence-corrected chi connectivity index (χ3v) is 4.79. The van der Waals surface area contributed by atoms with Crippen molar-refractivity contribution in [3.63, 3.8) is 0 Å². The van der Waals surface area contributed by atoms with Crippen LogP contribution in [0.25, 0.3) is 0 Å². The molecule has 0 fully saturated rings. The molecule has 0 unspecified atom stereocenters. The molecule has 0 spiro atoms. The summed E-state index contributed by atoms with van der Waals surface area (Å²) in [7, 11) is 0. The molecule has 1 aliphatic heterocycles. The van der Waals surface area contributed by atoms with E-state index in [4.69, 9.17) is 16.3 Å². The van der Waals surface area contributed by atoms with E-state index in [1.54, 1.807) is 0 Å². The van der Waals surface area contributed by atoms with Crippen molar-refractivity contribution in [1.82, 2.24) is 5.32 Å². The predicted octanol–water partition coefficient (Wildman–Crippen LogP) is 3.51. The zero-order chi connectivity index (χ0) is 19.4. The lowest BCUT2D eigenvalue weighted by Gasteiger charge is -2.33. The third-order valence-electron chi connectivity index (χ3n) is 4.54. The van der Waals surface area contributed by atoms with Crippen LogP contribution >= 0.6 is 11.6 Å². The standard InChI is InChI=1S/C21H23ClN2O3/c1-3-18-21(26)24(17-12-14(2)4-9-19(17)27-18)13-20(25)23-11-10-15-5-7-16(22)8-6-15/h4-9,12,18H,3,10-11,13H2,1-2H3,(H,23,25)/t18-/m0/s1. The van der Waals surface area contributed by atoms with Crippen molar-refractivity contribution < 1.29 is 14.3 Å². The van der Waals surface area contributed by atoms with Gasteiger partial charge in [0.15, 0.2) is 6.10 Å². The van der Waals surface area contributed by atoms with Crippen molar-refractivity contribution in [2.75, 3.05) is 18.0 Å². The second-order valence-corrected chi connectivity index (χ2v) is 7.07. The molecule has 27 heavy (non-hydrogen) atoms. The number of benzene rings is 2. The van der Waals surface area contributed by atoms with Crippen LogP contribution in [0, 0.1) is 6.92 Å². The Morgan fingerprint density at radius 1 is 1.22 bits per heavy atom. The number of aryl methyl sites for hydroxylation is 1. The maximum absolute atomic E-state index is 12.7. The van der Waals surface area contributed by atoms with Gasteiger partial charge in [-0.1, -0.05) is 36.7 Å². The molecule has 142 valence electrons. The first-order valence-electron chi connectivity index (χ1n) is 9.07. The average molecular weight is 387 g/mol. The van der Waals surface area contributed by atoms with Crippen LogP contribution in [-0.4, -0.2) is 31.0 Å². The number of ether oxygens (including phenoxy) is 1. The number of hydrogen-bond donors (Lipinski definition) is 1. The predicted molar refractivity (Wildman–Crippen MR) is 106 cm³/mol. The molecule has 0 saturated heterocycles. The fourth-order valence-electron chi connectivity index (χ4n) is 3.05. The van der Waals surface area contributed by atoms with E-state index < -0.39 is 6.10 Å². The molecule has 0 bridgehead atoms. The highest BCUT2D eigenvalue weighted by Gasteiger charge is 2.34. The van der Waals surface area contributed by atoms with Gasteiger partial charge in [-0.3, -0.25) is 14.5 Å². The molecule has 1 atom stereocenters. The van der Waals surface area contributed by atoms with Crippen LogP contribution in [0.5, 0.6) is 5.75 Å². The quantitative estimate of drug-likeness (QED) is 0.826. The maximum atomic E-state index is 12.7. The van der Waals surface area contributed by atoms with Gasteiger partial charge in [-0.25, -0.2) is 0 Å². The van der Waals surface area contributed by atoms with Crippen LogP contribution in [0.2, 0.25) is 5.02 Å². The zero-order valence-corrected chi connectivity index (χ0v) is 16.3. The van der Waals surface area contributed by atoms with E-state index in [1.807, 2.05) is 56.3 Å². The smallest absolute Gasteiger partial charge is 0.268 e. The van der Waals surface area contributed by atoms with Crippen LogP contribution < -0.4 is 15.0 Å². The largest absolute Gasteiger partial charge is 0.478 e. The minimum atomic E-state index is -0.554. The number of nitrogens with zero attached hydrogens (tertiary/aromatic N) is 1. The van der Waals surface area contributed by atoms with Crippen LogP contribution in [0.4, 0.5) is 5.69 Å². The van der Waals surface area contributed by atoms with Gasteiger partial charge in [-0.15, -0.1) is 0 Å². The lowest BCUT2D eigenvalue weighted by molar-refractivity contribution is -0.129. The molecule has 0 saturated carbocycles. The summed E-state index contributed by atoms with van der Waals surface area (Å²) in [5.74, 6) is 0.269. The van der Waals surface area contributed by atoms with Crippen molar-refractivity contribution in [2.24, 2.45) is 0 Å². The van der Waals surface area contributed by atoms with E-state index in [9.17, 15) is 9.59 Å². The van der Waals surface area contributed by atoms with E-state index in [0.717, 1.165) is 11.1 Å². The number of halogens is 1. The van der Waals surface area contributed by atoms with Gasteiger partial charge in [0.05, 0.1) is 5.69 Å². The van der Waals surface area contributed by atoms with Gasteiger partial charge in [-0.2, -0.15) is 0 Å². The summed E-state index contributed by atoms with van der Waals surface area (Å²) in [6.45, 7) is 4.32. The lowest BCUT2D eigenvalue weighted by atomic mass is 10.1. The topological polar surface area (TPSA) is 58.6 Å². The number of nitrogens with one attached hydrogen (secondary N) is 1. The van der Waals surface area contributed by atoms with E-state index in [0.29, 0.717) is 35.8 Å². The van der Waals surface area contributed by atoms with E-state index in [2.05, 4.69) is 5.32 Å². The fourth-order valence-corrected chi connectivity index (χ4v) is 3.18. The molecule has 1 heterocycles. The summed E-state index contributed by atoms with van der Waals surface area (Å²) in [4.78, 5) is 26.7. The van der Waals surface area contributed by atoms with Gasteiger partial charge >= 0.3 is 0 Å². The molecule has 2 aromatic rings. The molecule has 0 aromatic heterocycles. The first-order chi connectivity index (χ1) is 13.0. The molecule has 2 amide bonds. The Hall–Kier alpha value is -2.53. The monoisotopic (exact) mass is 386 g/mol. The number of carbonyl (C=O) groups is 2. The second kappa shape index (κ2) is 8.44. The van der Waals surface area contributed by atoms with Crippen molar-refractivity contribution in [3.05, 3.63) is 58.6 Å². The Balaban J connectivity index is 1.64. The first kappa shape index (κ1) is 19.2. The SMILES string of the molecule is CC[C@@H]1Oc2ccc(C)cc2N(CC(=O)NCCc2ccc(Cl)cc2)C1=O. The van der Waals surface area contributed by atoms with Gasteiger partial charge in [0.25, 0.3) is 5.91 Å². The highest BCUT2D eigenvalue weighted by molar-refractivity contribution is 6.30. The van der Waals surface area contributed by atoms with E-state index >= 15 is 0 Å². The molecule has 1 aliphatic rings. The van der Waals surface area contributed by atoms with Crippen LogP contribution in [0.3, 0.4) is 0 Å². The Morgan fingerprint density at radius 3 is 2.67 bits per heavy atom. The van der Waals surface area contributed by atoms with Crippen LogP contribution in [0.15, 0.2) is 42.5 Å². The Kier molecular flexibility index (Phi) is 6.01. The Bertz CT molecular complexity index is 836. The van der Waals surface area contributed by atoms with E-state index in [1.165, 1.54) is 4.90 Å². The molecule has 2 aromatic carbocycles. The number of rotatable bonds is 6. The second-order valence-electron chi connectivity index (χ2n) is 6.64. The molecule has 0 radical (unpaired) electrons. The third kappa shape index (κ3) is 4.61. The molecular formula is C21H23ClN2O3.